The van der Waals surface area contributed by atoms with Gasteiger partial charge in [-0.25, -0.2) is 0 Å². The van der Waals surface area contributed by atoms with Crippen molar-refractivity contribution in [2.45, 2.75) is 39.2 Å². The second kappa shape index (κ2) is 7.67. The first kappa shape index (κ1) is 16.1. The first-order valence-electron chi connectivity index (χ1n) is 7.54. The van der Waals surface area contributed by atoms with Crippen LogP contribution in [0.5, 0.6) is 0 Å². The molecule has 112 valence electrons. The number of rotatable bonds is 5. The Morgan fingerprint density at radius 3 is 2.75 bits per heavy atom. The van der Waals surface area contributed by atoms with Gasteiger partial charge in [0, 0.05) is 15.5 Å². The zero-order valence-corrected chi connectivity index (χ0v) is 14.7. The summed E-state index contributed by atoms with van der Waals surface area (Å²) >= 11 is 9.66. The zero-order chi connectivity index (χ0) is 14.5. The van der Waals surface area contributed by atoms with Gasteiger partial charge in [0.1, 0.15) is 0 Å². The maximum atomic E-state index is 6.07. The minimum Gasteiger partial charge on any atom is -0.381 e. The molecule has 0 bridgehead atoms. The second-order valence-corrected chi connectivity index (χ2v) is 7.03. The Hall–Kier alpha value is -0.250. The maximum absolute atomic E-state index is 6.07. The van der Waals surface area contributed by atoms with Crippen LogP contribution >= 0.6 is 27.5 Å². The predicted octanol–water partition coefficient (Wildman–Crippen LogP) is 5.02. The third-order valence-electron chi connectivity index (χ3n) is 4.19. The highest BCUT2D eigenvalue weighted by molar-refractivity contribution is 9.10. The Morgan fingerprint density at radius 2 is 2.10 bits per heavy atom. The monoisotopic (exact) mass is 358 g/mol. The number of likely N-dealkylation sites (tertiary alicyclic amines) is 1. The Labute approximate surface area is 136 Å². The van der Waals surface area contributed by atoms with E-state index < -0.39 is 0 Å². The highest BCUT2D eigenvalue weighted by Crippen LogP contribution is 2.29. The molecule has 1 fully saturated rings. The van der Waals surface area contributed by atoms with Gasteiger partial charge >= 0.3 is 0 Å². The van der Waals surface area contributed by atoms with E-state index in [1.165, 1.54) is 38.9 Å². The summed E-state index contributed by atoms with van der Waals surface area (Å²) in [5, 5.41) is 4.40. The number of hydrogen-bond acceptors (Lipinski definition) is 2. The summed E-state index contributed by atoms with van der Waals surface area (Å²) in [7, 11) is 0. The molecule has 1 unspecified atom stereocenters. The van der Waals surface area contributed by atoms with Crippen molar-refractivity contribution in [1.29, 1.82) is 0 Å². The smallest absolute Gasteiger partial charge is 0.0501 e. The third-order valence-corrected chi connectivity index (χ3v) is 5.12. The fourth-order valence-electron chi connectivity index (χ4n) is 2.96. The van der Waals surface area contributed by atoms with Crippen LogP contribution in [0.1, 0.15) is 33.1 Å². The van der Waals surface area contributed by atoms with Crippen LogP contribution in [0.4, 0.5) is 5.69 Å². The number of nitrogens with one attached hydrogen (secondary N) is 1. The summed E-state index contributed by atoms with van der Waals surface area (Å²) in [6.07, 6.45) is 3.83. The lowest BCUT2D eigenvalue weighted by atomic mass is 9.90. The fraction of sp³-hybridized carbons (Fsp3) is 0.625. The Kier molecular flexibility index (Phi) is 6.19. The topological polar surface area (TPSA) is 15.3 Å². The molecule has 0 saturated carbocycles. The van der Waals surface area contributed by atoms with E-state index in [4.69, 9.17) is 11.6 Å². The van der Waals surface area contributed by atoms with Crippen molar-refractivity contribution in [3.05, 3.63) is 27.7 Å². The molecule has 1 heterocycles. The lowest BCUT2D eigenvalue weighted by molar-refractivity contribution is 0.176. The van der Waals surface area contributed by atoms with Crippen LogP contribution in [0.3, 0.4) is 0 Å². The molecule has 1 aliphatic heterocycles. The van der Waals surface area contributed by atoms with Gasteiger partial charge in [-0.3, -0.25) is 0 Å². The first-order chi connectivity index (χ1) is 9.60. The lowest BCUT2D eigenvalue weighted by Crippen LogP contribution is -2.39. The normalized spacial score (nSPS) is 19.0. The molecule has 1 aromatic rings. The van der Waals surface area contributed by atoms with E-state index in [1.807, 2.05) is 18.2 Å². The molecule has 1 aliphatic rings. The first-order valence-corrected chi connectivity index (χ1v) is 8.71. The summed E-state index contributed by atoms with van der Waals surface area (Å²) in [5.74, 6) is 0.744. The van der Waals surface area contributed by atoms with Crippen LogP contribution in [0.2, 0.25) is 5.02 Å². The van der Waals surface area contributed by atoms with Gasteiger partial charge < -0.3 is 10.2 Å². The summed E-state index contributed by atoms with van der Waals surface area (Å²) in [6, 6.07) is 6.38. The van der Waals surface area contributed by atoms with Crippen LogP contribution in [0.15, 0.2) is 22.7 Å². The fourth-order valence-corrected chi connectivity index (χ4v) is 3.50. The lowest BCUT2D eigenvalue weighted by Gasteiger charge is -2.35. The van der Waals surface area contributed by atoms with Crippen molar-refractivity contribution in [1.82, 2.24) is 4.90 Å². The van der Waals surface area contributed by atoms with E-state index in [2.05, 4.69) is 40.0 Å². The molecule has 20 heavy (non-hydrogen) atoms. The van der Waals surface area contributed by atoms with Crippen molar-refractivity contribution >= 4 is 33.2 Å². The van der Waals surface area contributed by atoms with Gasteiger partial charge in [0.05, 0.1) is 5.69 Å². The van der Waals surface area contributed by atoms with E-state index in [-0.39, 0.29) is 0 Å². The van der Waals surface area contributed by atoms with Crippen LogP contribution < -0.4 is 5.32 Å². The quantitative estimate of drug-likeness (QED) is 0.793. The van der Waals surface area contributed by atoms with E-state index in [1.54, 1.807) is 0 Å². The van der Waals surface area contributed by atoms with Crippen molar-refractivity contribution in [2.75, 3.05) is 25.0 Å². The molecule has 0 radical (unpaired) electrons. The number of piperidine rings is 1. The molecule has 1 atom stereocenters. The van der Waals surface area contributed by atoms with Crippen LogP contribution in [0.25, 0.3) is 0 Å². The van der Waals surface area contributed by atoms with Crippen molar-refractivity contribution in [2.24, 2.45) is 5.92 Å². The predicted molar refractivity (Wildman–Crippen MR) is 91.7 cm³/mol. The molecule has 2 nitrogen and oxygen atoms in total. The molecule has 1 saturated heterocycles. The van der Waals surface area contributed by atoms with Gasteiger partial charge in [0.25, 0.3) is 0 Å². The Bertz CT molecular complexity index is 430. The van der Waals surface area contributed by atoms with E-state index in [0.717, 1.165) is 21.1 Å². The van der Waals surface area contributed by atoms with Gasteiger partial charge in [-0.05, 0) is 85.9 Å². The average Bonchev–Trinajstić information content (AvgIpc) is 2.44. The summed E-state index contributed by atoms with van der Waals surface area (Å²) in [4.78, 5) is 2.58. The molecule has 4 heteroatoms. The van der Waals surface area contributed by atoms with Crippen LogP contribution in [-0.4, -0.2) is 30.6 Å². The number of nitrogens with zero attached hydrogens (tertiary/aromatic N) is 1. The van der Waals surface area contributed by atoms with Gasteiger partial charge in [-0.1, -0.05) is 18.5 Å². The SMILES string of the molecule is CCCN1CCC(C(C)Nc2cc(Cl)ccc2Br)CC1. The van der Waals surface area contributed by atoms with Gasteiger partial charge in [-0.2, -0.15) is 0 Å². The van der Waals surface area contributed by atoms with Crippen molar-refractivity contribution < 1.29 is 0 Å². The molecule has 2 rings (SSSR count). The van der Waals surface area contributed by atoms with E-state index >= 15 is 0 Å². The highest BCUT2D eigenvalue weighted by atomic mass is 79.9. The standard InChI is InChI=1S/C16H24BrClN2/c1-3-8-20-9-6-13(7-10-20)12(2)19-16-11-14(18)4-5-15(16)17/h4-5,11-13,19H,3,6-10H2,1-2H3. The molecular formula is C16H24BrClN2. The molecule has 1 aromatic carbocycles. The molecular weight excluding hydrogens is 336 g/mol. The van der Waals surface area contributed by atoms with Crippen LogP contribution in [0, 0.1) is 5.92 Å². The Morgan fingerprint density at radius 1 is 1.40 bits per heavy atom. The largest absolute Gasteiger partial charge is 0.381 e. The number of halogens is 2. The molecule has 0 amide bonds. The minimum absolute atomic E-state index is 0.480. The second-order valence-electron chi connectivity index (χ2n) is 5.74. The molecule has 1 N–H and O–H groups in total. The highest BCUT2D eigenvalue weighted by Gasteiger charge is 2.23. The summed E-state index contributed by atoms with van der Waals surface area (Å²) < 4.78 is 1.08. The van der Waals surface area contributed by atoms with E-state index in [0.29, 0.717) is 6.04 Å². The zero-order valence-electron chi connectivity index (χ0n) is 12.3. The van der Waals surface area contributed by atoms with Gasteiger partial charge in [-0.15, -0.1) is 0 Å². The van der Waals surface area contributed by atoms with Crippen LogP contribution in [-0.2, 0) is 0 Å². The third kappa shape index (κ3) is 4.37. The number of hydrogen-bond donors (Lipinski definition) is 1. The van der Waals surface area contributed by atoms with Gasteiger partial charge in [0.2, 0.25) is 0 Å². The average molecular weight is 360 g/mol. The molecule has 0 aromatic heterocycles. The molecule has 0 spiro atoms. The number of benzene rings is 1. The number of anilines is 1. The Balaban J connectivity index is 1.89. The minimum atomic E-state index is 0.480. The van der Waals surface area contributed by atoms with Gasteiger partial charge in [0.15, 0.2) is 0 Å². The summed E-state index contributed by atoms with van der Waals surface area (Å²) in [6.45, 7) is 8.26. The summed E-state index contributed by atoms with van der Waals surface area (Å²) in [5.41, 5.74) is 1.10. The maximum Gasteiger partial charge on any atom is 0.0501 e. The molecule has 0 aliphatic carbocycles. The van der Waals surface area contributed by atoms with Crippen molar-refractivity contribution in [3.8, 4) is 0 Å². The van der Waals surface area contributed by atoms with E-state index in [9.17, 15) is 0 Å². The van der Waals surface area contributed by atoms with Crippen molar-refractivity contribution in [3.63, 3.8) is 0 Å².